The molecule has 15 heavy (non-hydrogen) atoms. The van der Waals surface area contributed by atoms with Gasteiger partial charge in [-0.15, -0.1) is 0 Å². The Morgan fingerprint density at radius 1 is 1.47 bits per heavy atom. The second kappa shape index (κ2) is 4.72. The molecule has 1 aromatic rings. The van der Waals surface area contributed by atoms with Crippen LogP contribution in [-0.4, -0.2) is 17.7 Å². The standard InChI is InChI=1S/C10H10F2O3/c1-6(9(13)14)7-3-2-4-8(5-7)15-10(11)12/h2-6,10H,1H3,(H,13,14). The molecule has 3 nitrogen and oxygen atoms in total. The minimum atomic E-state index is -2.90. The second-order valence-corrected chi connectivity index (χ2v) is 3.01. The van der Waals surface area contributed by atoms with Gasteiger partial charge in [-0.25, -0.2) is 0 Å². The average molecular weight is 216 g/mol. The monoisotopic (exact) mass is 216 g/mol. The summed E-state index contributed by atoms with van der Waals surface area (Å²) < 4.78 is 27.9. The lowest BCUT2D eigenvalue weighted by Crippen LogP contribution is -2.08. The molecule has 0 heterocycles. The van der Waals surface area contributed by atoms with Gasteiger partial charge in [0.25, 0.3) is 0 Å². The minimum absolute atomic E-state index is 0.0319. The van der Waals surface area contributed by atoms with E-state index in [-0.39, 0.29) is 5.75 Å². The molecular weight excluding hydrogens is 206 g/mol. The number of carboxylic acid groups (broad SMARTS) is 1. The molecule has 0 aliphatic heterocycles. The maximum Gasteiger partial charge on any atom is 0.387 e. The second-order valence-electron chi connectivity index (χ2n) is 3.01. The maximum absolute atomic E-state index is 11.9. The van der Waals surface area contributed by atoms with E-state index in [0.29, 0.717) is 5.56 Å². The van der Waals surface area contributed by atoms with E-state index in [4.69, 9.17) is 5.11 Å². The molecule has 0 aliphatic rings. The lowest BCUT2D eigenvalue weighted by molar-refractivity contribution is -0.138. The van der Waals surface area contributed by atoms with E-state index in [1.807, 2.05) is 0 Å². The molecule has 1 aromatic carbocycles. The first kappa shape index (κ1) is 11.4. The third-order valence-electron chi connectivity index (χ3n) is 1.95. The van der Waals surface area contributed by atoms with Crippen LogP contribution in [0.2, 0.25) is 0 Å². The number of ether oxygens (including phenoxy) is 1. The van der Waals surface area contributed by atoms with Gasteiger partial charge in [-0.1, -0.05) is 12.1 Å². The molecule has 82 valence electrons. The van der Waals surface area contributed by atoms with Gasteiger partial charge in [0.1, 0.15) is 5.75 Å². The Kier molecular flexibility index (Phi) is 3.60. The number of benzene rings is 1. The molecule has 0 fully saturated rings. The zero-order valence-corrected chi connectivity index (χ0v) is 7.98. The van der Waals surface area contributed by atoms with E-state index in [0.717, 1.165) is 0 Å². The third-order valence-corrected chi connectivity index (χ3v) is 1.95. The van der Waals surface area contributed by atoms with Crippen LogP contribution in [0.15, 0.2) is 24.3 Å². The molecule has 1 rings (SSSR count). The summed E-state index contributed by atoms with van der Waals surface area (Å²) in [5.74, 6) is -1.79. The molecule has 0 radical (unpaired) electrons. The van der Waals surface area contributed by atoms with Crippen molar-refractivity contribution >= 4 is 5.97 Å². The smallest absolute Gasteiger partial charge is 0.387 e. The van der Waals surface area contributed by atoms with Crippen LogP contribution in [0.25, 0.3) is 0 Å². The third kappa shape index (κ3) is 3.19. The van der Waals surface area contributed by atoms with Crippen LogP contribution in [0.1, 0.15) is 18.4 Å². The molecule has 0 spiro atoms. The van der Waals surface area contributed by atoms with Crippen molar-refractivity contribution in [3.63, 3.8) is 0 Å². The summed E-state index contributed by atoms with van der Waals surface area (Å²) in [6, 6.07) is 5.68. The van der Waals surface area contributed by atoms with Crippen molar-refractivity contribution in [2.24, 2.45) is 0 Å². The summed E-state index contributed by atoms with van der Waals surface area (Å²) in [6.07, 6.45) is 0. The molecule has 0 saturated heterocycles. The normalized spacial score (nSPS) is 12.5. The summed E-state index contributed by atoms with van der Waals surface area (Å²) in [7, 11) is 0. The number of alkyl halides is 2. The number of carbonyl (C=O) groups is 1. The fourth-order valence-corrected chi connectivity index (χ4v) is 1.10. The van der Waals surface area contributed by atoms with Crippen molar-refractivity contribution in [1.29, 1.82) is 0 Å². The summed E-state index contributed by atoms with van der Waals surface area (Å²) in [4.78, 5) is 10.6. The summed E-state index contributed by atoms with van der Waals surface area (Å²) in [6.45, 7) is -1.43. The largest absolute Gasteiger partial charge is 0.481 e. The lowest BCUT2D eigenvalue weighted by atomic mass is 10.0. The van der Waals surface area contributed by atoms with Gasteiger partial charge < -0.3 is 9.84 Å². The molecular formula is C10H10F2O3. The molecule has 5 heteroatoms. The van der Waals surface area contributed by atoms with Crippen molar-refractivity contribution in [2.75, 3.05) is 0 Å². The molecule has 0 aliphatic carbocycles. The predicted molar refractivity (Wildman–Crippen MR) is 49.1 cm³/mol. The van der Waals surface area contributed by atoms with Gasteiger partial charge in [0.15, 0.2) is 0 Å². The Bertz CT molecular complexity index is 352. The van der Waals surface area contributed by atoms with Crippen molar-refractivity contribution in [1.82, 2.24) is 0 Å². The van der Waals surface area contributed by atoms with Gasteiger partial charge in [0, 0.05) is 0 Å². The fraction of sp³-hybridized carbons (Fsp3) is 0.300. The fourth-order valence-electron chi connectivity index (χ4n) is 1.10. The minimum Gasteiger partial charge on any atom is -0.481 e. The van der Waals surface area contributed by atoms with E-state index in [2.05, 4.69) is 4.74 Å². The van der Waals surface area contributed by atoms with Gasteiger partial charge in [-0.05, 0) is 24.6 Å². The van der Waals surface area contributed by atoms with Crippen molar-refractivity contribution in [2.45, 2.75) is 19.5 Å². The highest BCUT2D eigenvalue weighted by molar-refractivity contribution is 5.75. The first-order valence-corrected chi connectivity index (χ1v) is 4.28. The lowest BCUT2D eigenvalue weighted by Gasteiger charge is -2.09. The van der Waals surface area contributed by atoms with E-state index < -0.39 is 18.5 Å². The van der Waals surface area contributed by atoms with E-state index in [9.17, 15) is 13.6 Å². The van der Waals surface area contributed by atoms with Crippen LogP contribution < -0.4 is 4.74 Å². The molecule has 0 amide bonds. The number of hydrogen-bond acceptors (Lipinski definition) is 2. The molecule has 1 atom stereocenters. The van der Waals surface area contributed by atoms with Crippen LogP contribution in [0.4, 0.5) is 8.78 Å². The van der Waals surface area contributed by atoms with Crippen LogP contribution in [0.5, 0.6) is 5.75 Å². The Hall–Kier alpha value is -1.65. The number of aliphatic carboxylic acids is 1. The van der Waals surface area contributed by atoms with Gasteiger partial charge in [-0.2, -0.15) is 8.78 Å². The topological polar surface area (TPSA) is 46.5 Å². The first-order valence-electron chi connectivity index (χ1n) is 4.28. The zero-order valence-electron chi connectivity index (χ0n) is 7.98. The summed E-state index contributed by atoms with van der Waals surface area (Å²) in [5, 5.41) is 8.72. The Morgan fingerprint density at radius 2 is 2.13 bits per heavy atom. The van der Waals surface area contributed by atoms with Gasteiger partial charge in [0.05, 0.1) is 5.92 Å². The van der Waals surface area contributed by atoms with E-state index in [1.165, 1.54) is 25.1 Å². The number of rotatable bonds is 4. The highest BCUT2D eigenvalue weighted by atomic mass is 19.3. The number of halogens is 2. The number of carboxylic acids is 1. The highest BCUT2D eigenvalue weighted by Gasteiger charge is 2.14. The van der Waals surface area contributed by atoms with Gasteiger partial charge in [0.2, 0.25) is 0 Å². The van der Waals surface area contributed by atoms with Crippen molar-refractivity contribution < 1.29 is 23.4 Å². The van der Waals surface area contributed by atoms with Crippen LogP contribution >= 0.6 is 0 Å². The molecule has 0 bridgehead atoms. The van der Waals surface area contributed by atoms with Gasteiger partial charge in [-0.3, -0.25) is 4.79 Å². The van der Waals surface area contributed by atoms with E-state index in [1.54, 1.807) is 6.07 Å². The Labute approximate surface area is 85.3 Å². The number of hydrogen-bond donors (Lipinski definition) is 1. The summed E-state index contributed by atoms with van der Waals surface area (Å²) in [5.41, 5.74) is 0.431. The molecule has 1 N–H and O–H groups in total. The van der Waals surface area contributed by atoms with Crippen LogP contribution in [0, 0.1) is 0 Å². The maximum atomic E-state index is 11.9. The highest BCUT2D eigenvalue weighted by Crippen LogP contribution is 2.21. The van der Waals surface area contributed by atoms with Gasteiger partial charge >= 0.3 is 12.6 Å². The van der Waals surface area contributed by atoms with Crippen LogP contribution in [-0.2, 0) is 4.79 Å². The quantitative estimate of drug-likeness (QED) is 0.840. The van der Waals surface area contributed by atoms with Crippen LogP contribution in [0.3, 0.4) is 0 Å². The predicted octanol–water partition coefficient (Wildman–Crippen LogP) is 2.48. The SMILES string of the molecule is CC(C(=O)O)c1cccc(OC(F)F)c1. The first-order chi connectivity index (χ1) is 7.00. The Balaban J connectivity index is 2.87. The molecule has 0 saturated carbocycles. The average Bonchev–Trinajstić information content (AvgIpc) is 2.16. The van der Waals surface area contributed by atoms with Crippen molar-refractivity contribution in [3.8, 4) is 5.75 Å². The van der Waals surface area contributed by atoms with Crippen molar-refractivity contribution in [3.05, 3.63) is 29.8 Å². The van der Waals surface area contributed by atoms with E-state index >= 15 is 0 Å². The Morgan fingerprint density at radius 3 is 2.67 bits per heavy atom. The molecule has 0 aromatic heterocycles. The summed E-state index contributed by atoms with van der Waals surface area (Å²) >= 11 is 0. The zero-order chi connectivity index (χ0) is 11.4. The molecule has 1 unspecified atom stereocenters.